The quantitative estimate of drug-likeness (QED) is 0.569. The van der Waals surface area contributed by atoms with Crippen molar-refractivity contribution < 1.29 is 14.9 Å². The summed E-state index contributed by atoms with van der Waals surface area (Å²) < 4.78 is 6.59. The molecule has 3 aliphatic carbocycles. The first kappa shape index (κ1) is 18.4. The van der Waals surface area contributed by atoms with Crippen LogP contribution in [0.3, 0.4) is 0 Å². The average Bonchev–Trinajstić information content (AvgIpc) is 3.45. The molecule has 2 bridgehead atoms. The maximum absolute atomic E-state index is 12.8. The second-order valence-electron chi connectivity index (χ2n) is 10.8. The van der Waals surface area contributed by atoms with Crippen molar-refractivity contribution >= 4 is 10.9 Å². The van der Waals surface area contributed by atoms with Gasteiger partial charge in [0.05, 0.1) is 28.3 Å². The molecule has 8 rings (SSSR count). The van der Waals surface area contributed by atoms with E-state index in [9.17, 15) is 15.5 Å². The van der Waals surface area contributed by atoms with E-state index in [4.69, 9.17) is 4.74 Å². The Morgan fingerprint density at radius 3 is 2.94 bits per heavy atom. The van der Waals surface area contributed by atoms with Crippen LogP contribution in [0.25, 0.3) is 10.9 Å². The van der Waals surface area contributed by atoms with Crippen molar-refractivity contribution in [1.82, 2.24) is 9.88 Å². The summed E-state index contributed by atoms with van der Waals surface area (Å²) in [5.74, 6) is 1.46. The van der Waals surface area contributed by atoms with E-state index in [1.54, 1.807) is 6.07 Å². The van der Waals surface area contributed by atoms with Gasteiger partial charge in [0.2, 0.25) is 0 Å². The average molecular weight is 440 g/mol. The Morgan fingerprint density at radius 1 is 1.24 bits per heavy atom. The van der Waals surface area contributed by atoms with Gasteiger partial charge in [-0.3, -0.25) is 4.90 Å². The van der Waals surface area contributed by atoms with Gasteiger partial charge in [0, 0.05) is 35.5 Å². The zero-order valence-electron chi connectivity index (χ0n) is 18.3. The van der Waals surface area contributed by atoms with E-state index < -0.39 is 11.0 Å². The zero-order chi connectivity index (χ0) is 22.1. The smallest absolute Gasteiger partial charge is 0.166 e. The van der Waals surface area contributed by atoms with Crippen LogP contribution in [0, 0.1) is 17.2 Å². The largest absolute Gasteiger partial charge is 0.504 e. The lowest BCUT2D eigenvalue weighted by molar-refractivity contribution is -0.173. The van der Waals surface area contributed by atoms with E-state index in [1.165, 1.54) is 18.4 Å². The van der Waals surface area contributed by atoms with Gasteiger partial charge in [0.15, 0.2) is 17.6 Å². The number of aromatic amines is 1. The molecule has 3 heterocycles. The molecule has 6 heteroatoms. The Kier molecular flexibility index (Phi) is 3.20. The van der Waals surface area contributed by atoms with Gasteiger partial charge >= 0.3 is 0 Å². The molecule has 1 saturated carbocycles. The van der Waals surface area contributed by atoms with Gasteiger partial charge in [-0.25, -0.2) is 0 Å². The van der Waals surface area contributed by atoms with Gasteiger partial charge in [-0.15, -0.1) is 0 Å². The minimum atomic E-state index is -0.998. The van der Waals surface area contributed by atoms with Gasteiger partial charge in [0.1, 0.15) is 0 Å². The van der Waals surface area contributed by atoms with Crippen molar-refractivity contribution in [2.75, 3.05) is 13.1 Å². The highest BCUT2D eigenvalue weighted by atomic mass is 16.5. The van der Waals surface area contributed by atoms with Crippen LogP contribution in [0.2, 0.25) is 0 Å². The zero-order valence-corrected chi connectivity index (χ0v) is 18.3. The Morgan fingerprint density at radius 2 is 2.12 bits per heavy atom. The lowest BCUT2D eigenvalue weighted by Crippen LogP contribution is -2.74. The Hall–Kier alpha value is -3.01. The van der Waals surface area contributed by atoms with Gasteiger partial charge < -0.3 is 19.9 Å². The van der Waals surface area contributed by atoms with Gasteiger partial charge in [-0.05, 0) is 73.5 Å². The lowest BCUT2D eigenvalue weighted by Gasteiger charge is -2.62. The first-order chi connectivity index (χ1) is 16.0. The number of rotatable bonds is 2. The highest BCUT2D eigenvalue weighted by molar-refractivity contribution is 5.87. The summed E-state index contributed by atoms with van der Waals surface area (Å²) in [5.41, 5.74) is 4.28. The third-order valence-electron chi connectivity index (χ3n) is 9.29. The molecular weight excluding hydrogens is 414 g/mol. The van der Waals surface area contributed by atoms with Crippen LogP contribution in [0.5, 0.6) is 11.5 Å². The summed E-state index contributed by atoms with van der Waals surface area (Å²) in [4.78, 5) is 6.12. The van der Waals surface area contributed by atoms with Gasteiger partial charge in [-0.1, -0.05) is 6.07 Å². The number of H-pyrrole nitrogens is 1. The van der Waals surface area contributed by atoms with E-state index >= 15 is 0 Å². The second kappa shape index (κ2) is 5.72. The van der Waals surface area contributed by atoms with E-state index in [0.29, 0.717) is 17.7 Å². The number of nitrogens with zero attached hydrogens (tertiary/aromatic N) is 2. The van der Waals surface area contributed by atoms with Crippen LogP contribution in [0.15, 0.2) is 30.3 Å². The maximum atomic E-state index is 12.8. The van der Waals surface area contributed by atoms with E-state index in [1.807, 2.05) is 24.3 Å². The topological polar surface area (TPSA) is 92.5 Å². The molecule has 0 unspecified atom stereocenters. The summed E-state index contributed by atoms with van der Waals surface area (Å²) in [5, 5.41) is 34.0. The highest BCUT2D eigenvalue weighted by Gasteiger charge is 2.72. The molecule has 1 aromatic heterocycles. The highest BCUT2D eigenvalue weighted by Crippen LogP contribution is 2.69. The van der Waals surface area contributed by atoms with Crippen LogP contribution >= 0.6 is 0 Å². The molecule has 33 heavy (non-hydrogen) atoms. The first-order valence-corrected chi connectivity index (χ1v) is 12.1. The number of ether oxygens (including phenoxy) is 1. The van der Waals surface area contributed by atoms with Crippen molar-refractivity contribution in [3.8, 4) is 17.6 Å². The summed E-state index contributed by atoms with van der Waals surface area (Å²) in [6, 6.07) is 11.8. The molecule has 2 fully saturated rings. The third-order valence-corrected chi connectivity index (χ3v) is 9.29. The maximum Gasteiger partial charge on any atom is 0.166 e. The van der Waals surface area contributed by atoms with E-state index in [0.717, 1.165) is 59.6 Å². The molecule has 6 nitrogen and oxygen atoms in total. The minimum absolute atomic E-state index is 0.0122. The molecule has 3 aromatic rings. The lowest BCUT2D eigenvalue weighted by atomic mass is 9.49. The van der Waals surface area contributed by atoms with Crippen LogP contribution < -0.4 is 4.74 Å². The molecule has 1 saturated heterocycles. The van der Waals surface area contributed by atoms with E-state index in [-0.39, 0.29) is 17.9 Å². The Balaban J connectivity index is 1.41. The fraction of sp³-hybridized carbons (Fsp3) is 0.444. The molecule has 0 amide bonds. The molecule has 2 aromatic carbocycles. The third kappa shape index (κ3) is 2.03. The van der Waals surface area contributed by atoms with E-state index in [2.05, 4.69) is 16.0 Å². The fourth-order valence-electron chi connectivity index (χ4n) is 7.69. The predicted molar refractivity (Wildman–Crippen MR) is 121 cm³/mol. The fourth-order valence-corrected chi connectivity index (χ4v) is 7.69. The molecule has 5 aliphatic rings. The minimum Gasteiger partial charge on any atom is -0.504 e. The monoisotopic (exact) mass is 439 g/mol. The normalized spacial score (nSPS) is 33.3. The number of phenols is 1. The van der Waals surface area contributed by atoms with Crippen LogP contribution in [0.4, 0.5) is 0 Å². The Bertz CT molecular complexity index is 1420. The number of piperidine rings is 1. The van der Waals surface area contributed by atoms with Gasteiger partial charge in [0.25, 0.3) is 0 Å². The van der Waals surface area contributed by atoms with Crippen molar-refractivity contribution in [3.63, 3.8) is 0 Å². The number of aromatic nitrogens is 1. The number of aliphatic hydroxyl groups is 1. The Labute approximate surface area is 191 Å². The van der Waals surface area contributed by atoms with Crippen LogP contribution in [-0.4, -0.2) is 44.8 Å². The number of hydrogen-bond acceptors (Lipinski definition) is 5. The number of nitrogens with one attached hydrogen (secondary N) is 1. The molecule has 4 atom stereocenters. The number of fused-ring (bicyclic) bond motifs is 4. The van der Waals surface area contributed by atoms with Crippen molar-refractivity contribution in [1.29, 1.82) is 5.26 Å². The summed E-state index contributed by atoms with van der Waals surface area (Å²) in [6.45, 7) is 1.99. The van der Waals surface area contributed by atoms with Crippen LogP contribution in [0.1, 0.15) is 53.3 Å². The molecule has 3 N–H and O–H groups in total. The van der Waals surface area contributed by atoms with Crippen molar-refractivity contribution in [3.05, 3.63) is 58.3 Å². The summed E-state index contributed by atoms with van der Waals surface area (Å²) in [7, 11) is 0. The van der Waals surface area contributed by atoms with Crippen LogP contribution in [-0.2, 0) is 18.3 Å². The number of phenolic OH excluding ortho intramolecular Hbond substituents is 1. The number of likely N-dealkylation sites (tertiary alicyclic amines) is 1. The molecule has 0 radical (unpaired) electrons. The molecule has 1 spiro atoms. The predicted octanol–water partition coefficient (Wildman–Crippen LogP) is 3.44. The van der Waals surface area contributed by atoms with Crippen molar-refractivity contribution in [2.45, 2.75) is 55.3 Å². The molecule has 166 valence electrons. The van der Waals surface area contributed by atoms with Crippen molar-refractivity contribution in [2.24, 2.45) is 5.92 Å². The summed E-state index contributed by atoms with van der Waals surface area (Å²) >= 11 is 0. The number of nitriles is 1. The first-order valence-electron chi connectivity index (χ1n) is 12.1. The summed E-state index contributed by atoms with van der Waals surface area (Å²) in [6.07, 6.45) is 4.30. The number of aromatic hydroxyl groups is 1. The SMILES string of the molecule is N#Cc1ccc2[nH]c3c(c2c1)C[C@@]1(O)[C@H]2Cc4ccc(O)c5c4[C@@]1(CCN2CC1CC1)[C@H]3O5. The standard InChI is InChI=1S/C27H25N3O3/c28-12-15-3-5-19-17(9-15)18-11-27(32)21-10-16-4-6-20(31)24-22(16)26(27,25(33-24)23(18)29-19)7-8-30(21)13-14-1-2-14/h3-6,9,14,21,25,29,31-32H,1-2,7-8,10-11,13H2/t21-,25+,26+,27-/m1/s1. The number of benzene rings is 2. The second-order valence-corrected chi connectivity index (χ2v) is 10.8. The molecule has 2 aliphatic heterocycles. The number of hydrogen-bond donors (Lipinski definition) is 3. The van der Waals surface area contributed by atoms with Gasteiger partial charge in [-0.2, -0.15) is 5.26 Å². The molecular formula is C27H25N3O3.